The van der Waals surface area contributed by atoms with Gasteiger partial charge in [-0.2, -0.15) is 5.10 Å². The Bertz CT molecular complexity index is 1100. The Kier molecular flexibility index (Phi) is 17.2. The molecule has 1 aliphatic heterocycles. The van der Waals surface area contributed by atoms with Gasteiger partial charge in [-0.3, -0.25) is 9.05 Å². The zero-order valence-corrected chi connectivity index (χ0v) is 28.3. The molecule has 3 atom stereocenters. The van der Waals surface area contributed by atoms with Crippen molar-refractivity contribution in [2.24, 2.45) is 0 Å². The normalized spacial score (nSPS) is 20.0. The number of unbranched alkanes of at least 4 members (excludes halogenated alkanes) is 15. The molecule has 0 spiro atoms. The summed E-state index contributed by atoms with van der Waals surface area (Å²) in [6.07, 6.45) is 24.7. The highest BCUT2D eigenvalue weighted by atomic mass is 31.2. The van der Waals surface area contributed by atoms with Crippen molar-refractivity contribution in [3.05, 3.63) is 24.2 Å². The van der Waals surface area contributed by atoms with Gasteiger partial charge in [0.2, 0.25) is 0 Å². The van der Waals surface area contributed by atoms with E-state index in [9.17, 15) is 9.46 Å². The van der Waals surface area contributed by atoms with E-state index >= 15 is 0 Å². The van der Waals surface area contributed by atoms with Gasteiger partial charge in [-0.15, -0.1) is 0 Å². The molecular weight excluding hydrogens is 579 g/mol. The quantitative estimate of drug-likeness (QED) is 0.0767. The van der Waals surface area contributed by atoms with Gasteiger partial charge in [0.1, 0.15) is 17.9 Å². The van der Waals surface area contributed by atoms with E-state index in [-0.39, 0.29) is 19.3 Å². The van der Waals surface area contributed by atoms with Gasteiger partial charge >= 0.3 is 7.82 Å². The Morgan fingerprint density at radius 3 is 2.14 bits per heavy atom. The Labute approximate surface area is 265 Å². The lowest BCUT2D eigenvalue weighted by atomic mass is 10.0. The van der Waals surface area contributed by atoms with Gasteiger partial charge in [-0.25, -0.2) is 14.1 Å². The van der Waals surface area contributed by atoms with Crippen LogP contribution in [0.4, 0.5) is 5.82 Å². The van der Waals surface area contributed by atoms with Crippen LogP contribution in [0.2, 0.25) is 0 Å². The second-order valence-electron chi connectivity index (χ2n) is 12.6. The van der Waals surface area contributed by atoms with Gasteiger partial charge in [0.05, 0.1) is 24.5 Å². The topological polar surface area (TPSA) is 130 Å². The first-order chi connectivity index (χ1) is 21.3. The molecule has 3 heterocycles. The van der Waals surface area contributed by atoms with Gasteiger partial charge in [0, 0.05) is 13.2 Å². The van der Waals surface area contributed by atoms with E-state index in [2.05, 4.69) is 17.0 Å². The summed E-state index contributed by atoms with van der Waals surface area (Å²) in [6, 6.07) is 3.78. The SMILES string of the molecule is CCCCCCCCCCCCCCCCCCOCCCOP(=O)(O)OC[C@]1(C)CC[C@H](c2ccc3c(N)ncnn23)O1. The van der Waals surface area contributed by atoms with Crippen LogP contribution >= 0.6 is 7.82 Å². The minimum absolute atomic E-state index is 0.0482. The molecule has 0 saturated carbocycles. The van der Waals surface area contributed by atoms with Crippen LogP contribution in [0.1, 0.15) is 148 Å². The number of nitrogens with two attached hydrogens (primary N) is 1. The third-order valence-corrected chi connectivity index (χ3v) is 9.53. The maximum absolute atomic E-state index is 12.4. The molecule has 3 N–H and O–H groups in total. The molecule has 1 aliphatic rings. The van der Waals surface area contributed by atoms with Gasteiger partial charge in [-0.1, -0.05) is 103 Å². The van der Waals surface area contributed by atoms with E-state index in [4.69, 9.17) is 24.3 Å². The number of fused-ring (bicyclic) bond motifs is 1. The van der Waals surface area contributed by atoms with Crippen LogP contribution in [-0.4, -0.2) is 51.5 Å². The van der Waals surface area contributed by atoms with Crippen molar-refractivity contribution < 1.29 is 28.0 Å². The van der Waals surface area contributed by atoms with Crippen LogP contribution in [0.5, 0.6) is 0 Å². The van der Waals surface area contributed by atoms with Crippen LogP contribution in [0.25, 0.3) is 5.52 Å². The number of nitrogen functional groups attached to an aromatic ring is 1. The summed E-state index contributed by atoms with van der Waals surface area (Å²) < 4.78 is 36.5. The minimum Gasteiger partial charge on any atom is -0.382 e. The fraction of sp³-hybridized carbons (Fsp3) is 0.818. The molecule has 2 aromatic rings. The Morgan fingerprint density at radius 1 is 0.909 bits per heavy atom. The van der Waals surface area contributed by atoms with Gasteiger partial charge in [0.25, 0.3) is 0 Å². The molecular formula is C33H59N4O6P. The molecule has 0 aromatic carbocycles. The molecule has 0 bridgehead atoms. The van der Waals surface area contributed by atoms with E-state index in [0.717, 1.165) is 30.7 Å². The lowest BCUT2D eigenvalue weighted by molar-refractivity contribution is -0.0638. The molecule has 0 amide bonds. The van der Waals surface area contributed by atoms with Crippen LogP contribution in [-0.2, 0) is 23.1 Å². The Morgan fingerprint density at radius 2 is 1.50 bits per heavy atom. The number of phosphoric ester groups is 1. The van der Waals surface area contributed by atoms with Crippen molar-refractivity contribution in [1.29, 1.82) is 0 Å². The molecule has 11 heteroatoms. The highest BCUT2D eigenvalue weighted by Gasteiger charge is 2.40. The standard InChI is InChI=1S/C33H59N4O6P/c1-3-4-5-6-7-8-9-10-11-12-13-14-15-16-17-18-24-40-25-19-26-41-44(38,39)42-27-33(2)23-22-31(43-33)29-20-21-30-32(34)35-28-36-37(29)30/h20-21,28,31H,3-19,22-27H2,1-2H3,(H,38,39)(H2,34,35,36)/t31-,33+/m1/s1. The second kappa shape index (κ2) is 20.5. The van der Waals surface area contributed by atoms with Gasteiger partial charge < -0.3 is 20.1 Å². The summed E-state index contributed by atoms with van der Waals surface area (Å²) in [7, 11) is -4.19. The van der Waals surface area contributed by atoms with E-state index in [1.807, 2.05) is 19.1 Å². The van der Waals surface area contributed by atoms with E-state index in [1.165, 1.54) is 103 Å². The molecule has 252 valence electrons. The Hall–Kier alpha value is -1.55. The van der Waals surface area contributed by atoms with Crippen molar-refractivity contribution in [3.8, 4) is 0 Å². The van der Waals surface area contributed by atoms with Crippen molar-refractivity contribution in [1.82, 2.24) is 14.6 Å². The average molecular weight is 639 g/mol. The van der Waals surface area contributed by atoms with Crippen molar-refractivity contribution >= 4 is 19.2 Å². The minimum atomic E-state index is -4.19. The predicted octanol–water partition coefficient (Wildman–Crippen LogP) is 8.72. The maximum Gasteiger partial charge on any atom is 0.472 e. The molecule has 0 radical (unpaired) electrons. The summed E-state index contributed by atoms with van der Waals surface area (Å²) in [5.41, 5.74) is 6.80. The number of nitrogens with zero attached hydrogens (tertiary/aromatic N) is 3. The number of phosphoric acid groups is 1. The van der Waals surface area contributed by atoms with Crippen molar-refractivity contribution in [2.75, 3.05) is 32.2 Å². The average Bonchev–Trinajstić information content (AvgIpc) is 3.62. The monoisotopic (exact) mass is 638 g/mol. The first-order valence-corrected chi connectivity index (χ1v) is 18.8. The molecule has 1 fully saturated rings. The number of anilines is 1. The lowest BCUT2D eigenvalue weighted by Crippen LogP contribution is -2.30. The predicted molar refractivity (Wildman–Crippen MR) is 176 cm³/mol. The highest BCUT2D eigenvalue weighted by molar-refractivity contribution is 7.47. The van der Waals surface area contributed by atoms with Crippen molar-refractivity contribution in [3.63, 3.8) is 0 Å². The maximum atomic E-state index is 12.4. The van der Waals surface area contributed by atoms with Crippen LogP contribution in [0.3, 0.4) is 0 Å². The van der Waals surface area contributed by atoms with Gasteiger partial charge in [0.15, 0.2) is 5.82 Å². The number of hydrogen-bond donors (Lipinski definition) is 2. The third-order valence-electron chi connectivity index (χ3n) is 8.57. The summed E-state index contributed by atoms with van der Waals surface area (Å²) in [5, 5.41) is 4.28. The summed E-state index contributed by atoms with van der Waals surface area (Å²) in [5.74, 6) is 0.402. The number of ether oxygens (including phenoxy) is 2. The second-order valence-corrected chi connectivity index (χ2v) is 14.1. The number of aromatic nitrogens is 3. The lowest BCUT2D eigenvalue weighted by Gasteiger charge is -2.25. The molecule has 3 rings (SSSR count). The fourth-order valence-corrected chi connectivity index (χ4v) is 6.75. The van der Waals surface area contributed by atoms with E-state index in [1.54, 1.807) is 4.52 Å². The smallest absolute Gasteiger partial charge is 0.382 e. The van der Waals surface area contributed by atoms with E-state index < -0.39 is 13.4 Å². The highest BCUT2D eigenvalue weighted by Crippen LogP contribution is 2.47. The summed E-state index contributed by atoms with van der Waals surface area (Å²) in [6.45, 7) is 5.42. The van der Waals surface area contributed by atoms with Gasteiger partial charge in [-0.05, 0) is 44.7 Å². The number of hydrogen-bond acceptors (Lipinski definition) is 8. The molecule has 1 saturated heterocycles. The van der Waals surface area contributed by atoms with Crippen molar-refractivity contribution in [2.45, 2.75) is 148 Å². The fourth-order valence-electron chi connectivity index (χ4n) is 5.88. The molecule has 0 aliphatic carbocycles. The summed E-state index contributed by atoms with van der Waals surface area (Å²) >= 11 is 0. The first kappa shape index (κ1) is 36.9. The Balaban J connectivity index is 1.11. The number of rotatable bonds is 26. The molecule has 1 unspecified atom stereocenters. The molecule has 2 aromatic heterocycles. The zero-order chi connectivity index (χ0) is 31.5. The zero-order valence-electron chi connectivity index (χ0n) is 27.4. The first-order valence-electron chi connectivity index (χ1n) is 17.3. The largest absolute Gasteiger partial charge is 0.472 e. The summed E-state index contributed by atoms with van der Waals surface area (Å²) in [4.78, 5) is 14.2. The van der Waals surface area contributed by atoms with E-state index in [0.29, 0.717) is 25.3 Å². The van der Waals surface area contributed by atoms with Crippen LogP contribution in [0.15, 0.2) is 18.5 Å². The molecule has 10 nitrogen and oxygen atoms in total. The van der Waals surface area contributed by atoms with Crippen LogP contribution in [0, 0.1) is 0 Å². The van der Waals surface area contributed by atoms with Crippen LogP contribution < -0.4 is 5.73 Å². The molecule has 44 heavy (non-hydrogen) atoms. The third kappa shape index (κ3) is 13.8.